The minimum absolute atomic E-state index is 0.293. The molecule has 0 radical (unpaired) electrons. The Morgan fingerprint density at radius 2 is 1.23 bits per heavy atom. The van der Waals surface area contributed by atoms with Crippen molar-refractivity contribution >= 4 is 43.2 Å². The van der Waals surface area contributed by atoms with Gasteiger partial charge in [0.15, 0.2) is 14.7 Å². The Labute approximate surface area is 240 Å². The summed E-state index contributed by atoms with van der Waals surface area (Å²) in [4.78, 5) is 4.05. The molecule has 198 valence electrons. The van der Waals surface area contributed by atoms with Gasteiger partial charge in [-0.2, -0.15) is 0 Å². The topological polar surface area (TPSA) is 9.23 Å². The van der Waals surface area contributed by atoms with Crippen molar-refractivity contribution in [3.8, 4) is 5.75 Å². The molecule has 1 aliphatic carbocycles. The molecule has 0 heterocycles. The summed E-state index contributed by atoms with van der Waals surface area (Å²) >= 11 is 0. The van der Waals surface area contributed by atoms with Gasteiger partial charge in [-0.15, -0.1) is 0 Å². The van der Waals surface area contributed by atoms with Crippen molar-refractivity contribution < 1.29 is 4.74 Å². The maximum Gasteiger partial charge on any atom is 0.174 e. The maximum atomic E-state index is 6.50. The lowest BCUT2D eigenvalue weighted by atomic mass is 9.87. The summed E-state index contributed by atoms with van der Waals surface area (Å²) in [5.74, 6) is 1.83. The Hall–Kier alpha value is -3.75. The molecule has 0 saturated heterocycles. The fourth-order valence-electron chi connectivity index (χ4n) is 6.40. The normalized spacial score (nSPS) is 15.0. The van der Waals surface area contributed by atoms with Gasteiger partial charge in [0.1, 0.15) is 16.6 Å². The largest absolute Gasteiger partial charge is 0.493 e. The zero-order valence-electron chi connectivity index (χ0n) is 22.9. The van der Waals surface area contributed by atoms with Crippen molar-refractivity contribution in [1.29, 1.82) is 0 Å². The highest BCUT2D eigenvalue weighted by molar-refractivity contribution is 7.97. The molecule has 1 saturated carbocycles. The van der Waals surface area contributed by atoms with E-state index in [0.717, 1.165) is 24.7 Å². The summed E-state index contributed by atoms with van der Waals surface area (Å²) in [6, 6.07) is 44.6. The third-order valence-electron chi connectivity index (χ3n) is 8.50. The Kier molecular flexibility index (Phi) is 7.19. The van der Waals surface area contributed by atoms with Crippen molar-refractivity contribution in [2.24, 2.45) is 5.92 Å². The van der Waals surface area contributed by atoms with E-state index in [9.17, 15) is 0 Å². The molecule has 2 heteroatoms. The van der Waals surface area contributed by atoms with Gasteiger partial charge in [-0.05, 0) is 71.0 Å². The van der Waals surface area contributed by atoms with Crippen molar-refractivity contribution in [2.75, 3.05) is 6.61 Å². The molecule has 1 aliphatic rings. The summed E-state index contributed by atoms with van der Waals surface area (Å²) in [6.07, 6.45) is 8.05. The molecular weight excluding hydrogens is 504 g/mol. The SMILES string of the molecule is c1ccc2cc([S+](c3cccc4ccccc34)c3ccc(OCCC4CCCCC4)c4ccccc34)ccc2c1. The van der Waals surface area contributed by atoms with Crippen LogP contribution >= 0.6 is 0 Å². The minimum Gasteiger partial charge on any atom is -0.493 e. The smallest absolute Gasteiger partial charge is 0.174 e. The minimum atomic E-state index is -0.293. The van der Waals surface area contributed by atoms with Gasteiger partial charge in [-0.1, -0.05) is 105 Å². The van der Waals surface area contributed by atoms with E-state index in [1.54, 1.807) is 0 Å². The van der Waals surface area contributed by atoms with Crippen LogP contribution in [0.5, 0.6) is 5.75 Å². The fourth-order valence-corrected chi connectivity index (χ4v) is 8.82. The second-order valence-corrected chi connectivity index (χ2v) is 13.0. The Morgan fingerprint density at radius 1 is 0.550 bits per heavy atom. The molecule has 0 aromatic heterocycles. The van der Waals surface area contributed by atoms with Crippen molar-refractivity contribution in [3.05, 3.63) is 121 Å². The molecule has 0 bridgehead atoms. The molecule has 0 N–H and O–H groups in total. The molecule has 7 rings (SSSR count). The predicted molar refractivity (Wildman–Crippen MR) is 171 cm³/mol. The van der Waals surface area contributed by atoms with Gasteiger partial charge in [0.25, 0.3) is 0 Å². The number of benzene rings is 6. The molecule has 0 aliphatic heterocycles. The van der Waals surface area contributed by atoms with E-state index in [2.05, 4.69) is 121 Å². The van der Waals surface area contributed by atoms with Gasteiger partial charge < -0.3 is 4.74 Å². The predicted octanol–water partition coefficient (Wildman–Crippen LogP) is 10.6. The fraction of sp³-hybridized carbons (Fsp3) is 0.211. The molecule has 1 nitrogen and oxygen atoms in total. The zero-order chi connectivity index (χ0) is 26.7. The Bertz CT molecular complexity index is 1780. The average molecular weight is 540 g/mol. The molecule has 1 fully saturated rings. The van der Waals surface area contributed by atoms with E-state index in [1.807, 2.05) is 0 Å². The molecule has 40 heavy (non-hydrogen) atoms. The van der Waals surface area contributed by atoms with Crippen LogP contribution in [-0.4, -0.2) is 6.61 Å². The third kappa shape index (κ3) is 4.97. The summed E-state index contributed by atoms with van der Waals surface area (Å²) in [6.45, 7) is 0.799. The molecule has 0 amide bonds. The lowest BCUT2D eigenvalue weighted by Crippen LogP contribution is -2.11. The quantitative estimate of drug-likeness (QED) is 0.183. The first-order chi connectivity index (χ1) is 19.8. The molecule has 6 aromatic carbocycles. The third-order valence-corrected chi connectivity index (χ3v) is 10.8. The van der Waals surface area contributed by atoms with Gasteiger partial charge >= 0.3 is 0 Å². The number of hydrogen-bond acceptors (Lipinski definition) is 1. The van der Waals surface area contributed by atoms with Gasteiger partial charge in [-0.3, -0.25) is 0 Å². The van der Waals surface area contributed by atoms with Crippen LogP contribution in [0.15, 0.2) is 136 Å². The van der Waals surface area contributed by atoms with Crippen molar-refractivity contribution in [3.63, 3.8) is 0 Å². The number of rotatable bonds is 7. The van der Waals surface area contributed by atoms with E-state index in [-0.39, 0.29) is 10.9 Å². The summed E-state index contributed by atoms with van der Waals surface area (Å²) in [5, 5.41) is 7.65. The summed E-state index contributed by atoms with van der Waals surface area (Å²) in [7, 11) is -0.293. The molecular formula is C38H35OS+. The first kappa shape index (κ1) is 25.2. The second-order valence-electron chi connectivity index (χ2n) is 11.0. The monoisotopic (exact) mass is 539 g/mol. The highest BCUT2D eigenvalue weighted by atomic mass is 32.2. The van der Waals surface area contributed by atoms with E-state index in [0.29, 0.717) is 0 Å². The van der Waals surface area contributed by atoms with Gasteiger partial charge in [-0.25, -0.2) is 0 Å². The van der Waals surface area contributed by atoms with Crippen LogP contribution in [0.4, 0.5) is 0 Å². The van der Waals surface area contributed by atoms with Crippen LogP contribution in [0.25, 0.3) is 32.3 Å². The van der Waals surface area contributed by atoms with Crippen LogP contribution in [0.3, 0.4) is 0 Å². The van der Waals surface area contributed by atoms with Crippen LogP contribution in [0, 0.1) is 5.92 Å². The zero-order valence-corrected chi connectivity index (χ0v) is 23.7. The number of fused-ring (bicyclic) bond motifs is 3. The number of ether oxygens (including phenoxy) is 1. The van der Waals surface area contributed by atoms with E-state index in [4.69, 9.17) is 4.74 Å². The Morgan fingerprint density at radius 3 is 2.08 bits per heavy atom. The lowest BCUT2D eigenvalue weighted by Gasteiger charge is -2.21. The summed E-state index contributed by atoms with van der Waals surface area (Å²) in [5.41, 5.74) is 0. The summed E-state index contributed by atoms with van der Waals surface area (Å²) < 4.78 is 6.50. The first-order valence-corrected chi connectivity index (χ1v) is 15.9. The second kappa shape index (κ2) is 11.4. The van der Waals surface area contributed by atoms with Crippen molar-refractivity contribution in [2.45, 2.75) is 53.2 Å². The van der Waals surface area contributed by atoms with Gasteiger partial charge in [0.05, 0.1) is 6.61 Å². The molecule has 0 spiro atoms. The Balaban J connectivity index is 1.35. The average Bonchev–Trinajstić information content (AvgIpc) is 3.02. The van der Waals surface area contributed by atoms with E-state index < -0.39 is 0 Å². The van der Waals surface area contributed by atoms with Crippen LogP contribution in [0.1, 0.15) is 38.5 Å². The maximum absolute atomic E-state index is 6.50. The molecule has 1 unspecified atom stereocenters. The molecule has 1 atom stereocenters. The van der Waals surface area contributed by atoms with E-state index in [1.165, 1.54) is 79.1 Å². The van der Waals surface area contributed by atoms with Crippen LogP contribution < -0.4 is 4.74 Å². The number of hydrogen-bond donors (Lipinski definition) is 0. The molecule has 6 aromatic rings. The van der Waals surface area contributed by atoms with Gasteiger partial charge in [0.2, 0.25) is 0 Å². The van der Waals surface area contributed by atoms with E-state index >= 15 is 0 Å². The highest BCUT2D eigenvalue weighted by Gasteiger charge is 2.33. The van der Waals surface area contributed by atoms with Crippen LogP contribution in [0.2, 0.25) is 0 Å². The van der Waals surface area contributed by atoms with Crippen molar-refractivity contribution in [1.82, 2.24) is 0 Å². The van der Waals surface area contributed by atoms with Gasteiger partial charge in [0, 0.05) is 22.2 Å². The lowest BCUT2D eigenvalue weighted by molar-refractivity contribution is 0.248. The standard InChI is InChI=1S/C38H35OS/c1-2-11-28(12-3-1)25-26-39-36-23-24-38(35-19-9-8-18-34(35)36)40(32-22-21-29-13-4-5-15-31(29)27-32)37-20-10-16-30-14-6-7-17-33(30)37/h4-10,13-24,27-28H,1-3,11-12,25-26H2/q+1. The highest BCUT2D eigenvalue weighted by Crippen LogP contribution is 2.41. The first-order valence-electron chi connectivity index (χ1n) is 14.7. The van der Waals surface area contributed by atoms with Crippen LogP contribution in [-0.2, 0) is 10.9 Å².